The van der Waals surface area contributed by atoms with Gasteiger partial charge < -0.3 is 14.4 Å². The molecule has 1 aliphatic carbocycles. The molecule has 6 nitrogen and oxygen atoms in total. The van der Waals surface area contributed by atoms with E-state index in [9.17, 15) is 23.1 Å². The predicted octanol–water partition coefficient (Wildman–Crippen LogP) is 4.93. The lowest BCUT2D eigenvalue weighted by Gasteiger charge is -2.22. The maximum Gasteiger partial charge on any atom is 0.389 e. The van der Waals surface area contributed by atoms with Crippen LogP contribution in [0.2, 0.25) is 0 Å². The smallest absolute Gasteiger partial charge is 0.389 e. The summed E-state index contributed by atoms with van der Waals surface area (Å²) in [5.41, 5.74) is 2.45. The molecule has 1 saturated heterocycles. The van der Waals surface area contributed by atoms with Crippen LogP contribution in [0.25, 0.3) is 22.2 Å². The largest absolute Gasteiger partial charge is 0.481 e. The van der Waals surface area contributed by atoms with E-state index in [0.29, 0.717) is 43.1 Å². The van der Waals surface area contributed by atoms with Crippen LogP contribution in [0.15, 0.2) is 41.1 Å². The summed E-state index contributed by atoms with van der Waals surface area (Å²) in [6, 6.07) is 7.48. The first-order valence-electron chi connectivity index (χ1n) is 10.6. The van der Waals surface area contributed by atoms with E-state index in [1.807, 2.05) is 24.3 Å². The average molecular weight is 445 g/mol. The number of benzene rings is 1. The second-order valence-electron chi connectivity index (χ2n) is 8.75. The summed E-state index contributed by atoms with van der Waals surface area (Å²) in [6.07, 6.45) is -1.19. The predicted molar refractivity (Wildman–Crippen MR) is 111 cm³/mol. The molecule has 1 unspecified atom stereocenters. The van der Waals surface area contributed by atoms with Gasteiger partial charge in [-0.05, 0) is 55.4 Å². The van der Waals surface area contributed by atoms with Crippen molar-refractivity contribution in [2.75, 3.05) is 18.0 Å². The summed E-state index contributed by atoms with van der Waals surface area (Å²) < 4.78 is 43.6. The highest BCUT2D eigenvalue weighted by molar-refractivity contribution is 5.85. The number of rotatable bonds is 5. The van der Waals surface area contributed by atoms with E-state index in [-0.39, 0.29) is 24.2 Å². The molecule has 0 bridgehead atoms. The van der Waals surface area contributed by atoms with Gasteiger partial charge in [-0.1, -0.05) is 0 Å². The van der Waals surface area contributed by atoms with Gasteiger partial charge in [0.15, 0.2) is 5.82 Å². The van der Waals surface area contributed by atoms with Crippen molar-refractivity contribution in [3.63, 3.8) is 0 Å². The molecule has 1 N–H and O–H groups in total. The molecule has 0 radical (unpaired) electrons. The minimum atomic E-state index is -4.26. The highest BCUT2D eigenvalue weighted by atomic mass is 19.4. The molecule has 5 rings (SSSR count). The van der Waals surface area contributed by atoms with Gasteiger partial charge >= 0.3 is 12.1 Å². The lowest BCUT2D eigenvalue weighted by molar-refractivity contribution is -0.141. The van der Waals surface area contributed by atoms with Crippen LogP contribution in [-0.2, 0) is 11.2 Å². The second kappa shape index (κ2) is 7.79. The number of nitrogens with zero attached hydrogens (tertiary/aromatic N) is 3. The van der Waals surface area contributed by atoms with Crippen molar-refractivity contribution in [1.29, 1.82) is 0 Å². The van der Waals surface area contributed by atoms with Crippen LogP contribution in [0.3, 0.4) is 0 Å². The molecular formula is C23H22F3N3O3. The first kappa shape index (κ1) is 20.8. The van der Waals surface area contributed by atoms with Crippen LogP contribution in [0.4, 0.5) is 19.0 Å². The van der Waals surface area contributed by atoms with E-state index < -0.39 is 18.6 Å². The van der Waals surface area contributed by atoms with Crippen LogP contribution in [0.1, 0.15) is 25.0 Å². The third-order valence-electron chi connectivity index (χ3n) is 6.59. The Balaban J connectivity index is 1.47. The lowest BCUT2D eigenvalue weighted by Crippen LogP contribution is -2.25. The minimum absolute atomic E-state index is 0.230. The molecule has 1 aliphatic heterocycles. The Hall–Kier alpha value is -3.10. The number of aliphatic carboxylic acids is 1. The van der Waals surface area contributed by atoms with Crippen LogP contribution < -0.4 is 4.90 Å². The zero-order chi connectivity index (χ0) is 22.5. The average Bonchev–Trinajstić information content (AvgIpc) is 3.45. The monoisotopic (exact) mass is 445 g/mol. The van der Waals surface area contributed by atoms with Crippen molar-refractivity contribution in [2.45, 2.75) is 31.9 Å². The van der Waals surface area contributed by atoms with Gasteiger partial charge in [0.2, 0.25) is 0 Å². The molecule has 1 saturated carbocycles. The van der Waals surface area contributed by atoms with Crippen molar-refractivity contribution in [3.8, 4) is 11.3 Å². The highest BCUT2D eigenvalue weighted by Gasteiger charge is 2.44. The topological polar surface area (TPSA) is 79.5 Å². The fourth-order valence-corrected chi connectivity index (χ4v) is 5.02. The zero-order valence-corrected chi connectivity index (χ0v) is 17.2. The molecule has 168 valence electrons. The molecule has 3 aromatic rings. The summed E-state index contributed by atoms with van der Waals surface area (Å²) in [5, 5.41) is 10.2. The summed E-state index contributed by atoms with van der Waals surface area (Å²) in [4.78, 5) is 22.6. The number of aryl methyl sites for hydroxylation is 1. The molecule has 1 aromatic carbocycles. The second-order valence-corrected chi connectivity index (χ2v) is 8.75. The molecule has 2 fully saturated rings. The third-order valence-corrected chi connectivity index (χ3v) is 6.59. The fourth-order valence-electron chi connectivity index (χ4n) is 5.02. The van der Waals surface area contributed by atoms with Gasteiger partial charge in [-0.3, -0.25) is 9.78 Å². The first-order valence-corrected chi connectivity index (χ1v) is 10.6. The van der Waals surface area contributed by atoms with E-state index in [2.05, 4.69) is 14.9 Å². The summed E-state index contributed by atoms with van der Waals surface area (Å²) in [6.45, 7) is 1.26. The zero-order valence-electron chi connectivity index (χ0n) is 17.2. The number of aromatic nitrogens is 2. The number of alkyl halides is 3. The highest BCUT2D eigenvalue weighted by Crippen LogP contribution is 2.44. The van der Waals surface area contributed by atoms with Crippen LogP contribution in [0, 0.1) is 17.8 Å². The Morgan fingerprint density at radius 1 is 1.19 bits per heavy atom. The number of furan rings is 1. The molecule has 2 aromatic heterocycles. The van der Waals surface area contributed by atoms with E-state index in [0.717, 1.165) is 16.5 Å². The van der Waals surface area contributed by atoms with Gasteiger partial charge in [0.1, 0.15) is 11.3 Å². The number of hydrogen-bond acceptors (Lipinski definition) is 5. The number of carbonyl (C=O) groups is 1. The summed E-state index contributed by atoms with van der Waals surface area (Å²) in [7, 11) is 0. The van der Waals surface area contributed by atoms with Gasteiger partial charge in [0.05, 0.1) is 17.9 Å². The van der Waals surface area contributed by atoms with Crippen molar-refractivity contribution < 1.29 is 27.5 Å². The number of hydrogen-bond donors (Lipinski definition) is 1. The van der Waals surface area contributed by atoms with Crippen molar-refractivity contribution in [1.82, 2.24) is 9.97 Å². The van der Waals surface area contributed by atoms with E-state index in [1.165, 1.54) is 6.20 Å². The van der Waals surface area contributed by atoms with Gasteiger partial charge in [-0.2, -0.15) is 13.2 Å². The normalized spacial score (nSPS) is 23.1. The summed E-state index contributed by atoms with van der Waals surface area (Å²) >= 11 is 0. The quantitative estimate of drug-likeness (QED) is 0.600. The number of carboxylic acid groups (broad SMARTS) is 1. The molecule has 2 aliphatic rings. The van der Waals surface area contributed by atoms with Crippen LogP contribution >= 0.6 is 0 Å². The Morgan fingerprint density at radius 3 is 2.62 bits per heavy atom. The molecule has 0 amide bonds. The molecular weight excluding hydrogens is 423 g/mol. The van der Waals surface area contributed by atoms with Gasteiger partial charge in [0, 0.05) is 36.7 Å². The van der Waals surface area contributed by atoms with E-state index in [4.69, 9.17) is 4.42 Å². The van der Waals surface area contributed by atoms with E-state index >= 15 is 0 Å². The fraction of sp³-hybridized carbons (Fsp3) is 0.435. The van der Waals surface area contributed by atoms with Crippen molar-refractivity contribution in [2.24, 2.45) is 17.8 Å². The maximum absolute atomic E-state index is 12.7. The standard InChI is InChI=1S/C23H22F3N3O3/c24-23(25,26)5-3-18-10-27-20(14-1-2-19-13(7-14)4-6-32-19)21(28-18)29-11-16-8-15(22(30)31)9-17(16)12-29/h1-2,4,6-7,10,15-17H,3,5,8-9,11-12H2,(H,30,31)/t15?,16-,17+. The van der Waals surface area contributed by atoms with E-state index in [1.54, 1.807) is 6.26 Å². The Morgan fingerprint density at radius 2 is 1.94 bits per heavy atom. The van der Waals surface area contributed by atoms with Crippen LogP contribution in [-0.4, -0.2) is 40.3 Å². The van der Waals surface area contributed by atoms with Gasteiger partial charge in [-0.15, -0.1) is 0 Å². The maximum atomic E-state index is 12.7. The van der Waals surface area contributed by atoms with Crippen molar-refractivity contribution in [3.05, 3.63) is 42.4 Å². The van der Waals surface area contributed by atoms with Crippen LogP contribution in [0.5, 0.6) is 0 Å². The number of carboxylic acids is 1. The Labute approximate surface area is 182 Å². The summed E-state index contributed by atoms with van der Waals surface area (Å²) in [5.74, 6) is -0.0380. The lowest BCUT2D eigenvalue weighted by atomic mass is 10.0. The molecule has 3 heterocycles. The third kappa shape index (κ3) is 4.03. The molecule has 32 heavy (non-hydrogen) atoms. The van der Waals surface area contributed by atoms with Crippen molar-refractivity contribution >= 4 is 22.8 Å². The first-order chi connectivity index (χ1) is 15.3. The molecule has 3 atom stereocenters. The minimum Gasteiger partial charge on any atom is -0.481 e. The number of anilines is 1. The Bertz CT molecular complexity index is 1150. The molecule has 9 heteroatoms. The molecule has 0 spiro atoms. The van der Waals surface area contributed by atoms with Gasteiger partial charge in [-0.25, -0.2) is 4.98 Å². The Kier molecular flexibility index (Phi) is 5.06. The van der Waals surface area contributed by atoms with Gasteiger partial charge in [0.25, 0.3) is 0 Å². The number of halogens is 3. The number of fused-ring (bicyclic) bond motifs is 2. The SMILES string of the molecule is O=C(O)C1C[C@@H]2CN(c3nc(CCC(F)(F)F)cnc3-c3ccc4occc4c3)C[C@@H]2C1.